The van der Waals surface area contributed by atoms with Crippen LogP contribution in [-0.2, 0) is 4.79 Å². The van der Waals surface area contributed by atoms with Gasteiger partial charge in [-0.1, -0.05) is 19.8 Å². The van der Waals surface area contributed by atoms with Crippen LogP contribution in [0.4, 0.5) is 4.79 Å². The van der Waals surface area contributed by atoms with E-state index in [1.54, 1.807) is 0 Å². The highest BCUT2D eigenvalue weighted by atomic mass is 16.4. The van der Waals surface area contributed by atoms with Crippen molar-refractivity contribution in [2.75, 3.05) is 13.2 Å². The van der Waals surface area contributed by atoms with Crippen molar-refractivity contribution in [3.8, 4) is 0 Å². The summed E-state index contributed by atoms with van der Waals surface area (Å²) < 4.78 is 0. The first-order valence-corrected chi connectivity index (χ1v) is 6.41. The smallest absolute Gasteiger partial charge is 0.328 e. The Morgan fingerprint density at radius 2 is 1.94 bits per heavy atom. The van der Waals surface area contributed by atoms with Crippen LogP contribution in [0.25, 0.3) is 0 Å². The zero-order chi connectivity index (χ0) is 13.6. The van der Waals surface area contributed by atoms with Crippen LogP contribution in [0.2, 0.25) is 0 Å². The van der Waals surface area contributed by atoms with E-state index >= 15 is 0 Å². The van der Waals surface area contributed by atoms with Crippen molar-refractivity contribution in [1.29, 1.82) is 0 Å². The average molecular weight is 258 g/mol. The highest BCUT2D eigenvalue weighted by Crippen LogP contribution is 2.40. The van der Waals surface area contributed by atoms with Crippen LogP contribution >= 0.6 is 0 Å². The summed E-state index contributed by atoms with van der Waals surface area (Å²) in [6.45, 7) is 2.06. The molecule has 0 radical (unpaired) electrons. The number of aliphatic hydroxyl groups is 1. The summed E-state index contributed by atoms with van der Waals surface area (Å²) in [6, 6.07) is -1.78. The van der Waals surface area contributed by atoms with Crippen molar-refractivity contribution < 1.29 is 19.8 Å². The lowest BCUT2D eigenvalue weighted by Crippen LogP contribution is -2.49. The second kappa shape index (κ2) is 6.58. The number of nitrogens with one attached hydrogen (secondary N) is 2. The molecule has 4 N–H and O–H groups in total. The molecule has 0 aromatic carbocycles. The minimum Gasteiger partial charge on any atom is -0.480 e. The molecule has 1 fully saturated rings. The third-order valence-corrected chi connectivity index (χ3v) is 3.82. The van der Waals surface area contributed by atoms with Crippen LogP contribution in [0.1, 0.15) is 39.0 Å². The van der Waals surface area contributed by atoms with Crippen molar-refractivity contribution >= 4 is 12.0 Å². The fraction of sp³-hybridized carbons (Fsp3) is 0.833. The number of carbonyl (C=O) groups is 2. The summed E-state index contributed by atoms with van der Waals surface area (Å²) in [6.07, 6.45) is 5.59. The molecule has 1 unspecified atom stereocenters. The number of rotatable bonds is 6. The third kappa shape index (κ3) is 3.87. The summed E-state index contributed by atoms with van der Waals surface area (Å²) in [7, 11) is 0. The molecule has 6 nitrogen and oxygen atoms in total. The lowest BCUT2D eigenvalue weighted by Gasteiger charge is -2.28. The minimum absolute atomic E-state index is 0.162. The summed E-state index contributed by atoms with van der Waals surface area (Å²) in [5.41, 5.74) is 0.162. The van der Waals surface area contributed by atoms with Crippen LogP contribution in [-0.4, -0.2) is 41.4 Å². The van der Waals surface area contributed by atoms with E-state index in [4.69, 9.17) is 10.2 Å². The molecule has 0 bridgehead atoms. The summed E-state index contributed by atoms with van der Waals surface area (Å²) in [4.78, 5) is 22.2. The van der Waals surface area contributed by atoms with Crippen LogP contribution in [0.3, 0.4) is 0 Å². The highest BCUT2D eigenvalue weighted by Gasteiger charge is 2.32. The number of carbonyl (C=O) groups excluding carboxylic acids is 1. The van der Waals surface area contributed by atoms with Crippen LogP contribution in [0.15, 0.2) is 0 Å². The van der Waals surface area contributed by atoms with Crippen LogP contribution in [0.5, 0.6) is 0 Å². The first-order valence-electron chi connectivity index (χ1n) is 6.41. The standard InChI is InChI=1S/C12H22N2O4/c1-2-12(5-3-4-6-12)8-13-11(18)14-9(7-15)10(16)17/h9,15H,2-8H2,1H3,(H,16,17)(H2,13,14,18). The second-order valence-corrected chi connectivity index (χ2v) is 4.96. The lowest BCUT2D eigenvalue weighted by atomic mass is 9.83. The minimum atomic E-state index is -1.24. The number of amides is 2. The predicted octanol–water partition coefficient (Wildman–Crippen LogP) is 0.701. The SMILES string of the molecule is CCC1(CNC(=O)NC(CO)C(=O)O)CCCC1. The van der Waals surface area contributed by atoms with E-state index in [0.29, 0.717) is 6.54 Å². The van der Waals surface area contributed by atoms with Crippen molar-refractivity contribution in [2.45, 2.75) is 45.1 Å². The number of carboxylic acid groups (broad SMARTS) is 1. The fourth-order valence-electron chi connectivity index (χ4n) is 2.44. The third-order valence-electron chi connectivity index (χ3n) is 3.82. The van der Waals surface area contributed by atoms with Gasteiger partial charge in [-0.25, -0.2) is 9.59 Å². The van der Waals surface area contributed by atoms with E-state index in [1.807, 2.05) is 0 Å². The molecular formula is C12H22N2O4. The van der Waals surface area contributed by atoms with Gasteiger partial charge in [-0.05, 0) is 24.7 Å². The molecule has 0 spiro atoms. The van der Waals surface area contributed by atoms with Gasteiger partial charge in [-0.2, -0.15) is 0 Å². The van der Waals surface area contributed by atoms with E-state index < -0.39 is 24.6 Å². The molecule has 0 saturated heterocycles. The topological polar surface area (TPSA) is 98.7 Å². The van der Waals surface area contributed by atoms with E-state index in [9.17, 15) is 9.59 Å². The van der Waals surface area contributed by atoms with Gasteiger partial charge < -0.3 is 20.8 Å². The summed E-state index contributed by atoms with van der Waals surface area (Å²) >= 11 is 0. The van der Waals surface area contributed by atoms with Gasteiger partial charge in [-0.3, -0.25) is 0 Å². The van der Waals surface area contributed by atoms with Crippen LogP contribution < -0.4 is 10.6 Å². The Kier molecular flexibility index (Phi) is 5.40. The van der Waals surface area contributed by atoms with E-state index in [0.717, 1.165) is 19.3 Å². The van der Waals surface area contributed by atoms with Gasteiger partial charge in [0.1, 0.15) is 0 Å². The number of carboxylic acids is 1. The van der Waals surface area contributed by atoms with Gasteiger partial charge in [-0.15, -0.1) is 0 Å². The molecule has 0 aromatic heterocycles. The molecule has 1 aliphatic rings. The first kappa shape index (κ1) is 14.8. The van der Waals surface area contributed by atoms with Gasteiger partial charge in [0.15, 0.2) is 6.04 Å². The van der Waals surface area contributed by atoms with Gasteiger partial charge in [0.25, 0.3) is 0 Å². The van der Waals surface area contributed by atoms with E-state index in [-0.39, 0.29) is 5.41 Å². The Bertz CT molecular complexity index is 300. The van der Waals surface area contributed by atoms with Crippen LogP contribution in [0, 0.1) is 5.41 Å². The predicted molar refractivity (Wildman–Crippen MR) is 66.2 cm³/mol. The molecule has 1 saturated carbocycles. The van der Waals surface area contributed by atoms with Crippen molar-refractivity contribution in [3.63, 3.8) is 0 Å². The number of aliphatic hydroxyl groups excluding tert-OH is 1. The zero-order valence-corrected chi connectivity index (χ0v) is 10.7. The lowest BCUT2D eigenvalue weighted by molar-refractivity contribution is -0.140. The van der Waals surface area contributed by atoms with Crippen molar-refractivity contribution in [3.05, 3.63) is 0 Å². The highest BCUT2D eigenvalue weighted by molar-refractivity contribution is 5.82. The molecular weight excluding hydrogens is 236 g/mol. The van der Waals surface area contributed by atoms with Gasteiger partial charge in [0.2, 0.25) is 0 Å². The maximum Gasteiger partial charge on any atom is 0.328 e. The van der Waals surface area contributed by atoms with Gasteiger partial charge in [0, 0.05) is 6.54 Å². The van der Waals surface area contributed by atoms with Crippen molar-refractivity contribution in [2.24, 2.45) is 5.41 Å². The molecule has 1 aliphatic carbocycles. The molecule has 104 valence electrons. The van der Waals surface area contributed by atoms with Gasteiger partial charge >= 0.3 is 12.0 Å². The Hall–Kier alpha value is -1.30. The maximum absolute atomic E-state index is 11.5. The molecule has 0 aromatic rings. The molecule has 1 atom stereocenters. The largest absolute Gasteiger partial charge is 0.480 e. The zero-order valence-electron chi connectivity index (χ0n) is 10.7. The monoisotopic (exact) mass is 258 g/mol. The fourth-order valence-corrected chi connectivity index (χ4v) is 2.44. The molecule has 0 heterocycles. The maximum atomic E-state index is 11.5. The molecule has 18 heavy (non-hydrogen) atoms. The number of urea groups is 1. The summed E-state index contributed by atoms with van der Waals surface area (Å²) in [5.74, 6) is -1.24. The second-order valence-electron chi connectivity index (χ2n) is 4.96. The number of aliphatic carboxylic acids is 1. The Balaban J connectivity index is 2.38. The summed E-state index contributed by atoms with van der Waals surface area (Å²) in [5, 5.41) is 22.4. The molecule has 1 rings (SSSR count). The molecule has 2 amide bonds. The number of hydrogen-bond acceptors (Lipinski definition) is 3. The van der Waals surface area contributed by atoms with Gasteiger partial charge in [0.05, 0.1) is 6.61 Å². The quantitative estimate of drug-likeness (QED) is 0.563. The molecule has 6 heteroatoms. The Morgan fingerprint density at radius 1 is 1.33 bits per heavy atom. The van der Waals surface area contributed by atoms with E-state index in [1.165, 1.54) is 12.8 Å². The normalized spacial score (nSPS) is 19.2. The number of hydrogen-bond donors (Lipinski definition) is 4. The Labute approximate surface area is 107 Å². The average Bonchev–Trinajstić information content (AvgIpc) is 2.82. The Morgan fingerprint density at radius 3 is 2.39 bits per heavy atom. The molecule has 0 aliphatic heterocycles. The first-order chi connectivity index (χ1) is 8.53. The van der Waals surface area contributed by atoms with E-state index in [2.05, 4.69) is 17.6 Å². The van der Waals surface area contributed by atoms with Crippen molar-refractivity contribution in [1.82, 2.24) is 10.6 Å².